The van der Waals surface area contributed by atoms with Crippen LogP contribution in [0.1, 0.15) is 55.5 Å². The molecule has 0 heterocycles. The highest BCUT2D eigenvalue weighted by atomic mass is 16.1. The highest BCUT2D eigenvalue weighted by molar-refractivity contribution is 6.04. The molecule has 21 heavy (non-hydrogen) atoms. The highest BCUT2D eigenvalue weighted by Gasteiger charge is 2.34. The zero-order chi connectivity index (χ0) is 14.9. The average Bonchev–Trinajstić information content (AvgIpc) is 2.51. The summed E-state index contributed by atoms with van der Waals surface area (Å²) in [5, 5.41) is 2.45. The Kier molecular flexibility index (Phi) is 3.67. The number of Topliss-reactive ketones (excluding diaryl/α,β-unsaturated/α-hetero) is 1. The topological polar surface area (TPSA) is 17.1 Å². The van der Waals surface area contributed by atoms with Gasteiger partial charge in [0.25, 0.3) is 0 Å². The van der Waals surface area contributed by atoms with Crippen LogP contribution >= 0.6 is 0 Å². The molecule has 1 aliphatic rings. The van der Waals surface area contributed by atoms with Gasteiger partial charge in [-0.15, -0.1) is 0 Å². The Morgan fingerprint density at radius 2 is 2.00 bits per heavy atom. The zero-order valence-corrected chi connectivity index (χ0v) is 12.9. The maximum absolute atomic E-state index is 12.3. The van der Waals surface area contributed by atoms with Gasteiger partial charge in [-0.3, -0.25) is 4.79 Å². The van der Waals surface area contributed by atoms with Crippen LogP contribution in [-0.4, -0.2) is 5.78 Å². The number of fused-ring (bicyclic) bond motifs is 3. The van der Waals surface area contributed by atoms with E-state index in [1.165, 1.54) is 16.3 Å². The van der Waals surface area contributed by atoms with Crippen molar-refractivity contribution in [1.82, 2.24) is 0 Å². The van der Waals surface area contributed by atoms with Gasteiger partial charge in [0.05, 0.1) is 0 Å². The quantitative estimate of drug-likeness (QED) is 0.684. The second-order valence-electron chi connectivity index (χ2n) is 6.24. The monoisotopic (exact) mass is 278 g/mol. The molecule has 1 nitrogen and oxygen atoms in total. The molecule has 3 rings (SSSR count). The average molecular weight is 278 g/mol. The Balaban J connectivity index is 2.23. The lowest BCUT2D eigenvalue weighted by atomic mass is 9.69. The van der Waals surface area contributed by atoms with E-state index in [4.69, 9.17) is 0 Å². The molecule has 0 saturated heterocycles. The van der Waals surface area contributed by atoms with Gasteiger partial charge in [-0.25, -0.2) is 0 Å². The molecule has 0 fully saturated rings. The van der Waals surface area contributed by atoms with E-state index in [1.54, 1.807) is 0 Å². The van der Waals surface area contributed by atoms with Crippen molar-refractivity contribution in [2.45, 2.75) is 44.9 Å². The Hall–Kier alpha value is -1.89. The molecule has 0 N–H and O–H groups in total. The summed E-state index contributed by atoms with van der Waals surface area (Å²) in [6.45, 7) is 4.47. The minimum Gasteiger partial charge on any atom is -0.294 e. The molecule has 1 heteroatoms. The Bertz CT molecular complexity index is 711. The van der Waals surface area contributed by atoms with Gasteiger partial charge in [-0.2, -0.15) is 0 Å². The molecule has 1 aliphatic carbocycles. The summed E-state index contributed by atoms with van der Waals surface area (Å²) in [5.74, 6) is 0.289. The first-order chi connectivity index (χ1) is 10.2. The summed E-state index contributed by atoms with van der Waals surface area (Å²) in [6, 6.07) is 12.5. The lowest BCUT2D eigenvalue weighted by Crippen LogP contribution is -2.28. The minimum atomic E-state index is -0.0285. The van der Waals surface area contributed by atoms with Gasteiger partial charge in [-0.05, 0) is 29.2 Å². The van der Waals surface area contributed by atoms with Gasteiger partial charge in [-0.1, -0.05) is 68.8 Å². The fraction of sp³-hybridized carbons (Fsp3) is 0.350. The number of allylic oxidation sites excluding steroid dienone is 2. The van der Waals surface area contributed by atoms with Crippen LogP contribution < -0.4 is 0 Å². The molecule has 0 unspecified atom stereocenters. The molecule has 0 aromatic heterocycles. The van der Waals surface area contributed by atoms with Crippen molar-refractivity contribution in [2.24, 2.45) is 0 Å². The normalized spacial score (nSPS) is 21.9. The summed E-state index contributed by atoms with van der Waals surface area (Å²) in [6.07, 6.45) is 8.43. The number of unbranched alkanes of at least 4 members (excludes halogenated alkanes) is 1. The third kappa shape index (κ3) is 2.42. The number of hydrogen-bond acceptors (Lipinski definition) is 1. The third-order valence-corrected chi connectivity index (χ3v) is 4.61. The predicted octanol–water partition coefficient (Wildman–Crippen LogP) is 5.43. The lowest BCUT2D eigenvalue weighted by Gasteiger charge is -2.34. The van der Waals surface area contributed by atoms with Gasteiger partial charge < -0.3 is 0 Å². The van der Waals surface area contributed by atoms with E-state index < -0.39 is 0 Å². The highest BCUT2D eigenvalue weighted by Crippen LogP contribution is 2.42. The van der Waals surface area contributed by atoms with E-state index in [0.29, 0.717) is 6.42 Å². The first kappa shape index (κ1) is 14.1. The Morgan fingerprint density at radius 1 is 1.19 bits per heavy atom. The number of ketones is 1. The summed E-state index contributed by atoms with van der Waals surface area (Å²) in [4.78, 5) is 12.3. The van der Waals surface area contributed by atoms with E-state index in [0.717, 1.165) is 24.8 Å². The Morgan fingerprint density at radius 3 is 2.81 bits per heavy atom. The molecule has 2 aromatic carbocycles. The molecular weight excluding hydrogens is 256 g/mol. The standard InChI is InChI=1S/C20H22O/c1-3-4-7-13-20(2)14-12-18(21)17-11-10-15-8-5-6-9-16(15)19(17)20/h5-11,13H,3-4,12,14H2,1-2H3/b13-7+/t20-/m0/s1. The van der Waals surface area contributed by atoms with Crippen molar-refractivity contribution in [2.75, 3.05) is 0 Å². The molecule has 0 bridgehead atoms. The summed E-state index contributed by atoms with van der Waals surface area (Å²) in [5.41, 5.74) is 2.12. The molecule has 0 radical (unpaired) electrons. The summed E-state index contributed by atoms with van der Waals surface area (Å²) >= 11 is 0. The number of hydrogen-bond donors (Lipinski definition) is 0. The lowest BCUT2D eigenvalue weighted by molar-refractivity contribution is 0.0961. The first-order valence-corrected chi connectivity index (χ1v) is 7.89. The molecule has 1 atom stereocenters. The van der Waals surface area contributed by atoms with Crippen LogP contribution in [0.2, 0.25) is 0 Å². The van der Waals surface area contributed by atoms with Gasteiger partial charge in [0.15, 0.2) is 5.78 Å². The van der Waals surface area contributed by atoms with Crippen LogP contribution in [0, 0.1) is 0 Å². The summed E-state index contributed by atoms with van der Waals surface area (Å²) in [7, 11) is 0. The van der Waals surface area contributed by atoms with Crippen LogP contribution in [0.15, 0.2) is 48.6 Å². The number of rotatable bonds is 3. The SMILES string of the molecule is CCC/C=C/[C@@]1(C)CCC(=O)c2ccc3ccccc3c21. The van der Waals surface area contributed by atoms with Crippen molar-refractivity contribution < 1.29 is 4.79 Å². The largest absolute Gasteiger partial charge is 0.294 e. The molecular formula is C20H22O. The van der Waals surface area contributed by atoms with E-state index in [1.807, 2.05) is 6.07 Å². The van der Waals surface area contributed by atoms with Crippen molar-refractivity contribution in [3.8, 4) is 0 Å². The molecule has 0 amide bonds. The third-order valence-electron chi connectivity index (χ3n) is 4.61. The van der Waals surface area contributed by atoms with Gasteiger partial charge >= 0.3 is 0 Å². The second kappa shape index (κ2) is 5.48. The van der Waals surface area contributed by atoms with Crippen LogP contribution in [0.3, 0.4) is 0 Å². The van der Waals surface area contributed by atoms with Crippen molar-refractivity contribution >= 4 is 16.6 Å². The molecule has 0 spiro atoms. The minimum absolute atomic E-state index is 0.0285. The number of carbonyl (C=O) groups is 1. The van der Waals surface area contributed by atoms with Crippen molar-refractivity contribution in [1.29, 1.82) is 0 Å². The maximum Gasteiger partial charge on any atom is 0.163 e. The van der Waals surface area contributed by atoms with Gasteiger partial charge in [0.1, 0.15) is 0 Å². The first-order valence-electron chi connectivity index (χ1n) is 7.89. The van der Waals surface area contributed by atoms with Crippen LogP contribution in [0.5, 0.6) is 0 Å². The van der Waals surface area contributed by atoms with E-state index in [9.17, 15) is 4.79 Å². The fourth-order valence-electron chi connectivity index (χ4n) is 3.43. The van der Waals surface area contributed by atoms with Crippen molar-refractivity contribution in [3.05, 3.63) is 59.7 Å². The molecule has 0 aliphatic heterocycles. The van der Waals surface area contributed by atoms with Crippen LogP contribution in [-0.2, 0) is 5.41 Å². The van der Waals surface area contributed by atoms with Gasteiger partial charge in [0, 0.05) is 17.4 Å². The predicted molar refractivity (Wildman–Crippen MR) is 88.9 cm³/mol. The van der Waals surface area contributed by atoms with Crippen LogP contribution in [0.4, 0.5) is 0 Å². The molecule has 108 valence electrons. The Labute approximate surface area is 126 Å². The molecule has 2 aromatic rings. The van der Waals surface area contributed by atoms with E-state index in [2.05, 4.69) is 56.3 Å². The maximum atomic E-state index is 12.3. The van der Waals surface area contributed by atoms with Crippen molar-refractivity contribution in [3.63, 3.8) is 0 Å². The van der Waals surface area contributed by atoms with E-state index >= 15 is 0 Å². The van der Waals surface area contributed by atoms with Crippen LogP contribution in [0.25, 0.3) is 10.8 Å². The molecule has 0 saturated carbocycles. The fourth-order valence-corrected chi connectivity index (χ4v) is 3.43. The number of benzene rings is 2. The van der Waals surface area contributed by atoms with Gasteiger partial charge in [0.2, 0.25) is 0 Å². The summed E-state index contributed by atoms with van der Waals surface area (Å²) < 4.78 is 0. The van der Waals surface area contributed by atoms with E-state index in [-0.39, 0.29) is 11.2 Å². The smallest absolute Gasteiger partial charge is 0.163 e. The zero-order valence-electron chi connectivity index (χ0n) is 12.9. The number of carbonyl (C=O) groups excluding carboxylic acids is 1. The second-order valence-corrected chi connectivity index (χ2v) is 6.24.